The van der Waals surface area contributed by atoms with Gasteiger partial charge in [-0.3, -0.25) is 4.79 Å². The van der Waals surface area contributed by atoms with Crippen molar-refractivity contribution >= 4 is 5.91 Å². The summed E-state index contributed by atoms with van der Waals surface area (Å²) in [7, 11) is 0. The lowest BCUT2D eigenvalue weighted by Gasteiger charge is -2.37. The number of aromatic nitrogens is 2. The fourth-order valence-corrected chi connectivity index (χ4v) is 2.94. The van der Waals surface area contributed by atoms with E-state index in [0.29, 0.717) is 24.9 Å². The van der Waals surface area contributed by atoms with Crippen LogP contribution in [0.5, 0.6) is 5.75 Å². The van der Waals surface area contributed by atoms with Crippen molar-refractivity contribution in [1.29, 1.82) is 0 Å². The molecular weight excluding hydrogens is 329 g/mol. The second-order valence-electron chi connectivity index (χ2n) is 5.75. The molecule has 1 aliphatic rings. The smallest absolute Gasteiger partial charge is 0.258 e. The van der Waals surface area contributed by atoms with E-state index in [9.17, 15) is 9.18 Å². The van der Waals surface area contributed by atoms with Crippen LogP contribution in [0.2, 0.25) is 0 Å². The maximum Gasteiger partial charge on any atom is 0.258 e. The Morgan fingerprint density at radius 2 is 2.28 bits per heavy atom. The molecule has 0 spiro atoms. The first kappa shape index (κ1) is 17.3. The van der Waals surface area contributed by atoms with Crippen LogP contribution in [0, 0.1) is 12.7 Å². The molecule has 2 heterocycles. The van der Waals surface area contributed by atoms with Gasteiger partial charge in [0.1, 0.15) is 6.04 Å². The molecule has 1 saturated heterocycles. The number of benzene rings is 1. The van der Waals surface area contributed by atoms with E-state index in [4.69, 9.17) is 14.0 Å². The highest BCUT2D eigenvalue weighted by Crippen LogP contribution is 2.32. The molecule has 0 aliphatic carbocycles. The van der Waals surface area contributed by atoms with E-state index in [1.54, 1.807) is 24.8 Å². The van der Waals surface area contributed by atoms with E-state index in [0.717, 1.165) is 0 Å². The Kier molecular flexibility index (Phi) is 4.98. The van der Waals surface area contributed by atoms with Gasteiger partial charge < -0.3 is 18.9 Å². The van der Waals surface area contributed by atoms with Gasteiger partial charge in [0, 0.05) is 6.54 Å². The number of carbonyl (C=O) groups is 1. The molecule has 8 heteroatoms. The third kappa shape index (κ3) is 3.34. The van der Waals surface area contributed by atoms with Crippen LogP contribution >= 0.6 is 0 Å². The van der Waals surface area contributed by atoms with Gasteiger partial charge >= 0.3 is 0 Å². The second kappa shape index (κ2) is 7.18. The minimum absolute atomic E-state index is 0.0467. The third-order valence-electron chi connectivity index (χ3n) is 4.04. The lowest BCUT2D eigenvalue weighted by atomic mass is 10.1. The molecule has 0 radical (unpaired) electrons. The van der Waals surface area contributed by atoms with E-state index in [2.05, 4.69) is 10.1 Å². The van der Waals surface area contributed by atoms with Crippen molar-refractivity contribution in [2.75, 3.05) is 19.8 Å². The number of aryl methyl sites for hydroxylation is 1. The molecule has 0 saturated carbocycles. The normalized spacial score (nSPS) is 20.6. The first-order chi connectivity index (χ1) is 12.0. The highest BCUT2D eigenvalue weighted by atomic mass is 19.1. The molecule has 0 unspecified atom stereocenters. The van der Waals surface area contributed by atoms with Gasteiger partial charge in [-0.15, -0.1) is 0 Å². The zero-order valence-electron chi connectivity index (χ0n) is 14.4. The van der Waals surface area contributed by atoms with Crippen LogP contribution < -0.4 is 4.74 Å². The molecule has 0 bridgehead atoms. The summed E-state index contributed by atoms with van der Waals surface area (Å²) in [5.74, 6) is -0.207. The fraction of sp³-hybridized carbons (Fsp3) is 0.471. The van der Waals surface area contributed by atoms with Crippen molar-refractivity contribution in [3.63, 3.8) is 0 Å². The topological polar surface area (TPSA) is 77.7 Å². The van der Waals surface area contributed by atoms with Gasteiger partial charge in [0.25, 0.3) is 11.8 Å². The lowest BCUT2D eigenvalue weighted by molar-refractivity contribution is -0.0601. The van der Waals surface area contributed by atoms with Crippen molar-refractivity contribution in [3.05, 3.63) is 41.3 Å². The number of carbonyl (C=O) groups excluding carboxylic acids is 1. The first-order valence-corrected chi connectivity index (χ1v) is 8.17. The molecular formula is C17H20FN3O4. The largest absolute Gasteiger partial charge is 0.490 e. The van der Waals surface area contributed by atoms with Gasteiger partial charge in [-0.05, 0) is 32.9 Å². The summed E-state index contributed by atoms with van der Waals surface area (Å²) >= 11 is 0. The molecule has 1 amide bonds. The quantitative estimate of drug-likeness (QED) is 0.844. The number of morpholine rings is 1. The Bertz CT molecular complexity index is 764. The second-order valence-corrected chi connectivity index (χ2v) is 5.75. The molecule has 3 rings (SSSR count). The van der Waals surface area contributed by atoms with Crippen LogP contribution in [-0.4, -0.2) is 46.8 Å². The monoisotopic (exact) mass is 349 g/mol. The molecule has 0 N–H and O–H groups in total. The summed E-state index contributed by atoms with van der Waals surface area (Å²) in [4.78, 5) is 18.9. The molecule has 1 aromatic heterocycles. The lowest BCUT2D eigenvalue weighted by Crippen LogP contribution is -2.47. The maximum absolute atomic E-state index is 14.1. The van der Waals surface area contributed by atoms with Gasteiger partial charge in [-0.2, -0.15) is 4.98 Å². The third-order valence-corrected chi connectivity index (χ3v) is 4.04. The predicted molar refractivity (Wildman–Crippen MR) is 85.8 cm³/mol. The Balaban J connectivity index is 1.98. The molecule has 1 fully saturated rings. The fourth-order valence-electron chi connectivity index (χ4n) is 2.94. The first-order valence-electron chi connectivity index (χ1n) is 8.17. The average Bonchev–Trinajstić information content (AvgIpc) is 3.02. The Labute approximate surface area is 144 Å². The number of ether oxygens (including phenoxy) is 2. The van der Waals surface area contributed by atoms with Crippen molar-refractivity contribution in [3.8, 4) is 5.75 Å². The van der Waals surface area contributed by atoms with Crippen molar-refractivity contribution in [2.24, 2.45) is 0 Å². The van der Waals surface area contributed by atoms with Crippen LogP contribution in [0.15, 0.2) is 22.7 Å². The summed E-state index contributed by atoms with van der Waals surface area (Å²) in [6.07, 6.45) is -0.332. The number of nitrogens with zero attached hydrogens (tertiary/aromatic N) is 3. The van der Waals surface area contributed by atoms with E-state index < -0.39 is 11.9 Å². The average molecular weight is 349 g/mol. The molecule has 1 aliphatic heterocycles. The summed E-state index contributed by atoms with van der Waals surface area (Å²) in [5.41, 5.74) is 0.164. The Morgan fingerprint density at radius 3 is 2.96 bits per heavy atom. The van der Waals surface area contributed by atoms with Crippen LogP contribution in [0.1, 0.15) is 42.0 Å². The van der Waals surface area contributed by atoms with E-state index in [1.165, 1.54) is 12.1 Å². The SMILES string of the molecule is CCOc1c(F)cccc1C(=O)N1CCO[C@H](C)[C@H]1c1nc(C)no1. The summed E-state index contributed by atoms with van der Waals surface area (Å²) in [6.45, 7) is 6.23. The van der Waals surface area contributed by atoms with Crippen molar-refractivity contribution < 1.29 is 23.2 Å². The number of rotatable bonds is 4. The summed E-state index contributed by atoms with van der Waals surface area (Å²) in [6, 6.07) is 3.76. The highest BCUT2D eigenvalue weighted by molar-refractivity contribution is 5.97. The number of halogens is 1. The van der Waals surface area contributed by atoms with E-state index in [-0.39, 0.29) is 29.9 Å². The van der Waals surface area contributed by atoms with Crippen LogP contribution in [-0.2, 0) is 4.74 Å². The van der Waals surface area contributed by atoms with Gasteiger partial charge in [0.2, 0.25) is 0 Å². The Morgan fingerprint density at radius 1 is 1.48 bits per heavy atom. The molecule has 7 nitrogen and oxygen atoms in total. The van der Waals surface area contributed by atoms with Gasteiger partial charge in [-0.1, -0.05) is 11.2 Å². The number of hydrogen-bond acceptors (Lipinski definition) is 6. The van der Waals surface area contributed by atoms with E-state index >= 15 is 0 Å². The summed E-state index contributed by atoms with van der Waals surface area (Å²) < 4.78 is 30.3. The summed E-state index contributed by atoms with van der Waals surface area (Å²) in [5, 5.41) is 3.79. The van der Waals surface area contributed by atoms with Crippen molar-refractivity contribution in [2.45, 2.75) is 32.9 Å². The van der Waals surface area contributed by atoms with Crippen molar-refractivity contribution in [1.82, 2.24) is 15.0 Å². The van der Waals surface area contributed by atoms with Crippen LogP contribution in [0.25, 0.3) is 0 Å². The minimum atomic E-state index is -0.570. The molecule has 134 valence electrons. The highest BCUT2D eigenvalue weighted by Gasteiger charge is 2.39. The standard InChI is InChI=1S/C17H20FN3O4/c1-4-23-15-12(6-5-7-13(15)18)17(22)21-8-9-24-10(2)14(21)16-19-11(3)20-25-16/h5-7,10,14H,4,8-9H2,1-3H3/t10-,14+/m1/s1. The van der Waals surface area contributed by atoms with E-state index in [1.807, 2.05) is 6.92 Å². The minimum Gasteiger partial charge on any atom is -0.490 e. The number of hydrogen-bond donors (Lipinski definition) is 0. The van der Waals surface area contributed by atoms with Crippen LogP contribution in [0.3, 0.4) is 0 Å². The van der Waals surface area contributed by atoms with Crippen LogP contribution in [0.4, 0.5) is 4.39 Å². The van der Waals surface area contributed by atoms with Gasteiger partial charge in [-0.25, -0.2) is 4.39 Å². The maximum atomic E-state index is 14.1. The zero-order chi connectivity index (χ0) is 18.0. The predicted octanol–water partition coefficient (Wildman–Crippen LogP) is 2.52. The molecule has 25 heavy (non-hydrogen) atoms. The zero-order valence-corrected chi connectivity index (χ0v) is 14.4. The Hall–Kier alpha value is -2.48. The van der Waals surface area contributed by atoms with Gasteiger partial charge in [0.15, 0.2) is 17.4 Å². The number of amides is 1. The molecule has 2 aromatic rings. The molecule has 2 atom stereocenters. The van der Waals surface area contributed by atoms with Gasteiger partial charge in [0.05, 0.1) is 24.9 Å². The number of para-hydroxylation sites is 1. The molecule has 1 aromatic carbocycles.